The smallest absolute Gasteiger partial charge is 0.441 e. The highest BCUT2D eigenvalue weighted by atomic mass is 32.2. The Morgan fingerprint density at radius 2 is 1.79 bits per heavy atom. The lowest BCUT2D eigenvalue weighted by Gasteiger charge is -2.09. The zero-order chi connectivity index (χ0) is 14.3. The molecule has 0 unspecified atom stereocenters. The number of hydrogen-bond donors (Lipinski definition) is 2. The van der Waals surface area contributed by atoms with Crippen LogP contribution in [0.2, 0.25) is 0 Å². The summed E-state index contributed by atoms with van der Waals surface area (Å²) in [5, 5.41) is 5.56. The van der Waals surface area contributed by atoms with Gasteiger partial charge in [-0.3, -0.25) is 0 Å². The molecular weight excluding hydrogens is 283 g/mol. The second-order valence-electron chi connectivity index (χ2n) is 3.22. The van der Waals surface area contributed by atoms with Gasteiger partial charge >= 0.3 is 11.5 Å². The predicted octanol–water partition coefficient (Wildman–Crippen LogP) is 1.98. The number of anilines is 2. The Hall–Kier alpha value is -1.45. The number of aromatic nitrogens is 3. The fourth-order valence-electron chi connectivity index (χ4n) is 1.09. The van der Waals surface area contributed by atoms with Crippen LogP contribution < -0.4 is 15.4 Å². The van der Waals surface area contributed by atoms with Crippen molar-refractivity contribution in [1.82, 2.24) is 15.0 Å². The molecule has 0 bridgehead atoms. The summed E-state index contributed by atoms with van der Waals surface area (Å²) >= 11 is -0.103. The summed E-state index contributed by atoms with van der Waals surface area (Å²) in [5.41, 5.74) is -4.23. The largest absolute Gasteiger partial charge is 0.467 e. The fraction of sp³-hybridized carbons (Fsp3) is 0.667. The molecule has 0 aromatic carbocycles. The molecule has 0 fully saturated rings. The van der Waals surface area contributed by atoms with Gasteiger partial charge in [0.05, 0.1) is 7.11 Å². The molecule has 108 valence electrons. The number of alkyl halides is 3. The molecule has 10 heteroatoms. The molecule has 0 saturated carbocycles. The molecule has 0 aliphatic carbocycles. The van der Waals surface area contributed by atoms with Crippen molar-refractivity contribution in [3.8, 4) is 6.01 Å². The van der Waals surface area contributed by atoms with Crippen LogP contribution in [-0.4, -0.2) is 46.4 Å². The van der Waals surface area contributed by atoms with E-state index in [9.17, 15) is 13.2 Å². The van der Waals surface area contributed by atoms with Gasteiger partial charge in [-0.25, -0.2) is 0 Å². The zero-order valence-corrected chi connectivity index (χ0v) is 11.2. The first-order valence-electron chi connectivity index (χ1n) is 5.43. The highest BCUT2D eigenvalue weighted by molar-refractivity contribution is 8.00. The lowest BCUT2D eigenvalue weighted by atomic mass is 10.7. The van der Waals surface area contributed by atoms with Crippen LogP contribution in [0.15, 0.2) is 0 Å². The average Bonchev–Trinajstić information content (AvgIpc) is 2.34. The number of methoxy groups -OCH3 is 1. The highest BCUT2D eigenvalue weighted by Gasteiger charge is 2.27. The van der Waals surface area contributed by atoms with Crippen LogP contribution in [-0.2, 0) is 0 Å². The summed E-state index contributed by atoms with van der Waals surface area (Å²) in [5.74, 6) is 0.347. The molecule has 0 amide bonds. The molecule has 0 spiro atoms. The molecule has 0 aliphatic rings. The average molecular weight is 297 g/mol. The van der Waals surface area contributed by atoms with E-state index >= 15 is 0 Å². The molecule has 1 heterocycles. The lowest BCUT2D eigenvalue weighted by molar-refractivity contribution is -0.0327. The van der Waals surface area contributed by atoms with Crippen molar-refractivity contribution in [2.24, 2.45) is 0 Å². The molecule has 1 aromatic rings. The van der Waals surface area contributed by atoms with Crippen molar-refractivity contribution >= 4 is 23.7 Å². The maximum atomic E-state index is 11.9. The van der Waals surface area contributed by atoms with Crippen LogP contribution >= 0.6 is 11.8 Å². The van der Waals surface area contributed by atoms with Crippen molar-refractivity contribution in [1.29, 1.82) is 0 Å². The third-order valence-electron chi connectivity index (χ3n) is 1.78. The zero-order valence-electron chi connectivity index (χ0n) is 10.4. The molecule has 6 nitrogen and oxygen atoms in total. The third kappa shape index (κ3) is 6.32. The summed E-state index contributed by atoms with van der Waals surface area (Å²) in [7, 11) is 1.40. The number of hydrogen-bond acceptors (Lipinski definition) is 7. The third-order valence-corrected chi connectivity index (χ3v) is 2.52. The number of ether oxygens (including phenoxy) is 1. The molecule has 0 saturated heterocycles. The standard InChI is InChI=1S/C9H14F3N5OS/c1-3-13-6-15-7(17-8(16-6)18-2)14-4-5-19-9(10,11)12/h3-5H2,1-2H3,(H2,13,14,15,16,17). The van der Waals surface area contributed by atoms with E-state index in [-0.39, 0.29) is 36.0 Å². The molecule has 0 aliphatic heterocycles. The number of nitrogens with one attached hydrogen (secondary N) is 2. The Labute approximate surface area is 112 Å². The van der Waals surface area contributed by atoms with Crippen molar-refractivity contribution in [3.63, 3.8) is 0 Å². The van der Waals surface area contributed by atoms with Gasteiger partial charge in [0.1, 0.15) is 0 Å². The van der Waals surface area contributed by atoms with Gasteiger partial charge in [0.25, 0.3) is 0 Å². The number of thioether (sulfide) groups is 1. The van der Waals surface area contributed by atoms with Crippen molar-refractivity contribution < 1.29 is 17.9 Å². The van der Waals surface area contributed by atoms with Crippen LogP contribution in [0, 0.1) is 0 Å². The lowest BCUT2D eigenvalue weighted by Crippen LogP contribution is -2.13. The first-order chi connectivity index (χ1) is 8.94. The second-order valence-corrected chi connectivity index (χ2v) is 4.38. The molecule has 1 rings (SSSR count). The van der Waals surface area contributed by atoms with Gasteiger partial charge in [0.2, 0.25) is 11.9 Å². The van der Waals surface area contributed by atoms with E-state index in [1.165, 1.54) is 7.11 Å². The van der Waals surface area contributed by atoms with Crippen molar-refractivity contribution in [2.45, 2.75) is 12.4 Å². The quantitative estimate of drug-likeness (QED) is 0.745. The maximum Gasteiger partial charge on any atom is 0.441 e. The summed E-state index contributed by atoms with van der Waals surface area (Å²) in [4.78, 5) is 11.8. The Bertz CT molecular complexity index is 404. The van der Waals surface area contributed by atoms with Gasteiger partial charge in [0.15, 0.2) is 0 Å². The number of halogens is 3. The first-order valence-corrected chi connectivity index (χ1v) is 6.41. The van der Waals surface area contributed by atoms with E-state index in [0.717, 1.165) is 0 Å². The number of rotatable bonds is 7. The Kier molecular flexibility index (Phi) is 5.93. The molecule has 0 atom stereocenters. The van der Waals surface area contributed by atoms with Gasteiger partial charge < -0.3 is 15.4 Å². The molecule has 2 N–H and O–H groups in total. The van der Waals surface area contributed by atoms with E-state index in [2.05, 4.69) is 25.6 Å². The fourth-order valence-corrected chi connectivity index (χ4v) is 1.53. The Morgan fingerprint density at radius 3 is 2.32 bits per heavy atom. The minimum Gasteiger partial charge on any atom is -0.467 e. The SMILES string of the molecule is CCNc1nc(NCCSC(F)(F)F)nc(OC)n1. The summed E-state index contributed by atoms with van der Waals surface area (Å²) in [6, 6.07) is 0.0944. The van der Waals surface area contributed by atoms with E-state index in [1.807, 2.05) is 6.92 Å². The van der Waals surface area contributed by atoms with Crippen LogP contribution in [0.25, 0.3) is 0 Å². The monoisotopic (exact) mass is 297 g/mol. The summed E-state index contributed by atoms with van der Waals surface area (Å²) in [6.07, 6.45) is 0. The van der Waals surface area contributed by atoms with Crippen molar-refractivity contribution in [2.75, 3.05) is 36.6 Å². The van der Waals surface area contributed by atoms with Gasteiger partial charge in [-0.05, 0) is 18.7 Å². The first kappa shape index (κ1) is 15.6. The molecule has 0 radical (unpaired) electrons. The second kappa shape index (κ2) is 7.22. The van der Waals surface area contributed by atoms with E-state index in [4.69, 9.17) is 4.74 Å². The minimum atomic E-state index is -4.23. The van der Waals surface area contributed by atoms with Crippen LogP contribution in [0.3, 0.4) is 0 Å². The van der Waals surface area contributed by atoms with Crippen LogP contribution in [0.5, 0.6) is 6.01 Å². The molecule has 1 aromatic heterocycles. The van der Waals surface area contributed by atoms with Gasteiger partial charge in [0, 0.05) is 18.8 Å². The Balaban J connectivity index is 2.54. The summed E-state index contributed by atoms with van der Waals surface area (Å²) in [6.45, 7) is 2.56. The van der Waals surface area contributed by atoms with Gasteiger partial charge in [-0.2, -0.15) is 28.1 Å². The normalized spacial score (nSPS) is 11.2. The molecule has 19 heavy (non-hydrogen) atoms. The van der Waals surface area contributed by atoms with E-state index < -0.39 is 5.51 Å². The highest BCUT2D eigenvalue weighted by Crippen LogP contribution is 2.29. The molecular formula is C9H14F3N5OS. The van der Waals surface area contributed by atoms with Gasteiger partial charge in [-0.1, -0.05) is 0 Å². The predicted molar refractivity (Wildman–Crippen MR) is 67.5 cm³/mol. The Morgan fingerprint density at radius 1 is 1.16 bits per heavy atom. The van der Waals surface area contributed by atoms with E-state index in [1.54, 1.807) is 0 Å². The van der Waals surface area contributed by atoms with Crippen LogP contribution in [0.1, 0.15) is 6.92 Å². The van der Waals surface area contributed by atoms with Crippen molar-refractivity contribution in [3.05, 3.63) is 0 Å². The maximum absolute atomic E-state index is 11.9. The van der Waals surface area contributed by atoms with Crippen LogP contribution in [0.4, 0.5) is 25.1 Å². The topological polar surface area (TPSA) is 72.0 Å². The minimum absolute atomic E-state index is 0.0862. The van der Waals surface area contributed by atoms with E-state index in [0.29, 0.717) is 12.5 Å². The summed E-state index contributed by atoms with van der Waals surface area (Å²) < 4.78 is 40.7. The number of nitrogens with zero attached hydrogens (tertiary/aromatic N) is 3. The van der Waals surface area contributed by atoms with Gasteiger partial charge in [-0.15, -0.1) is 0 Å².